The molecule has 2 aliphatic heterocycles. The summed E-state index contributed by atoms with van der Waals surface area (Å²) >= 11 is 0. The summed E-state index contributed by atoms with van der Waals surface area (Å²) in [6, 6.07) is -0.568. The van der Waals surface area contributed by atoms with Crippen LogP contribution in [0.5, 0.6) is 0 Å². The van der Waals surface area contributed by atoms with Gasteiger partial charge in [0.05, 0.1) is 0 Å². The van der Waals surface area contributed by atoms with Crippen LogP contribution in [0.4, 0.5) is 0 Å². The van der Waals surface area contributed by atoms with E-state index in [1.54, 1.807) is 0 Å². The molecule has 5 heteroatoms. The number of amides is 3. The normalized spacial score (nSPS) is 20.8. The first-order chi connectivity index (χ1) is 10.9. The minimum absolute atomic E-state index is 0.263. The van der Waals surface area contributed by atoms with Gasteiger partial charge in [0.15, 0.2) is 0 Å². The van der Waals surface area contributed by atoms with Crippen molar-refractivity contribution in [2.75, 3.05) is 6.54 Å². The van der Waals surface area contributed by atoms with Crippen molar-refractivity contribution >= 4 is 17.7 Å². The number of carbonyl (C=O) groups is 3. The Morgan fingerprint density at radius 2 is 1.87 bits per heavy atom. The molecule has 2 fully saturated rings. The maximum Gasteiger partial charge on any atom is 0.254 e. The van der Waals surface area contributed by atoms with Crippen molar-refractivity contribution in [3.63, 3.8) is 0 Å². The standard InChI is InChI=1S/C11H12N2O3.C5H10.C2H6/c1-6-5-13(11(16)7(6)2)8-3-4-9(14)12-10(8)15;1-3-5-4-2;1-2/h8H,1-5H2,(H,12,14,15);3,5H,4H2,1-2H3;1-2H3/b;5-3-;. The smallest absolute Gasteiger partial charge is 0.254 e. The molecule has 3 amide bonds. The zero-order valence-electron chi connectivity index (χ0n) is 14.6. The zero-order chi connectivity index (χ0) is 18.0. The molecule has 0 aromatic rings. The summed E-state index contributed by atoms with van der Waals surface area (Å²) in [6.45, 7) is 15.8. The second-order valence-corrected chi connectivity index (χ2v) is 4.96. The van der Waals surface area contributed by atoms with Crippen molar-refractivity contribution in [1.82, 2.24) is 10.2 Å². The predicted octanol–water partition coefficient (Wildman–Crippen LogP) is 2.74. The molecule has 2 aliphatic rings. The first kappa shape index (κ1) is 20.8. The van der Waals surface area contributed by atoms with Crippen molar-refractivity contribution in [3.05, 3.63) is 36.5 Å². The molecule has 0 radical (unpaired) electrons. The van der Waals surface area contributed by atoms with Crippen LogP contribution in [0.3, 0.4) is 0 Å². The molecule has 0 bridgehead atoms. The lowest BCUT2D eigenvalue weighted by Crippen LogP contribution is -2.52. The summed E-state index contributed by atoms with van der Waals surface area (Å²) in [4.78, 5) is 35.7. The van der Waals surface area contributed by atoms with Crippen molar-refractivity contribution in [2.24, 2.45) is 0 Å². The Labute approximate surface area is 139 Å². The van der Waals surface area contributed by atoms with Gasteiger partial charge in [-0.2, -0.15) is 0 Å². The van der Waals surface area contributed by atoms with Gasteiger partial charge in [0.1, 0.15) is 6.04 Å². The average molecular weight is 320 g/mol. The fraction of sp³-hybridized carbons (Fsp3) is 0.500. The van der Waals surface area contributed by atoms with Crippen LogP contribution in [0.15, 0.2) is 36.5 Å². The highest BCUT2D eigenvalue weighted by Crippen LogP contribution is 2.25. The van der Waals surface area contributed by atoms with Gasteiger partial charge < -0.3 is 4.90 Å². The van der Waals surface area contributed by atoms with E-state index in [1.807, 2.05) is 20.8 Å². The van der Waals surface area contributed by atoms with E-state index in [0.29, 0.717) is 24.1 Å². The number of piperidine rings is 1. The van der Waals surface area contributed by atoms with Gasteiger partial charge in [0.25, 0.3) is 5.91 Å². The summed E-state index contributed by atoms with van der Waals surface area (Å²) < 4.78 is 0. The Bertz CT molecular complexity index is 506. The van der Waals surface area contributed by atoms with Crippen LogP contribution < -0.4 is 5.32 Å². The van der Waals surface area contributed by atoms with Crippen LogP contribution in [-0.4, -0.2) is 35.2 Å². The quantitative estimate of drug-likeness (QED) is 0.483. The Morgan fingerprint density at radius 3 is 2.22 bits per heavy atom. The van der Waals surface area contributed by atoms with Crippen molar-refractivity contribution in [1.29, 1.82) is 0 Å². The van der Waals surface area contributed by atoms with Crippen LogP contribution in [0, 0.1) is 0 Å². The van der Waals surface area contributed by atoms with Crippen LogP contribution in [-0.2, 0) is 14.4 Å². The van der Waals surface area contributed by atoms with Gasteiger partial charge >= 0.3 is 0 Å². The summed E-state index contributed by atoms with van der Waals surface area (Å²) in [5.41, 5.74) is 0.986. The highest BCUT2D eigenvalue weighted by atomic mass is 16.2. The fourth-order valence-corrected chi connectivity index (χ4v) is 2.16. The van der Waals surface area contributed by atoms with E-state index >= 15 is 0 Å². The van der Waals surface area contributed by atoms with Gasteiger partial charge in [-0.3, -0.25) is 19.7 Å². The molecule has 2 heterocycles. The zero-order valence-corrected chi connectivity index (χ0v) is 14.6. The molecular weight excluding hydrogens is 292 g/mol. The van der Waals surface area contributed by atoms with Crippen LogP contribution >= 0.6 is 0 Å². The number of hydrogen-bond acceptors (Lipinski definition) is 3. The molecule has 2 rings (SSSR count). The third-order valence-electron chi connectivity index (χ3n) is 3.36. The SMILES string of the molecule is C/C=C\CC.C=C1CN(C2CCC(=O)NC2=O)C(=O)C1=C.CC. The van der Waals surface area contributed by atoms with E-state index in [2.05, 4.69) is 37.6 Å². The van der Waals surface area contributed by atoms with Gasteiger partial charge in [0.2, 0.25) is 11.8 Å². The first-order valence-corrected chi connectivity index (χ1v) is 8.05. The predicted molar refractivity (Wildman–Crippen MR) is 92.6 cm³/mol. The summed E-state index contributed by atoms with van der Waals surface area (Å²) in [6.07, 6.45) is 5.98. The average Bonchev–Trinajstić information content (AvgIpc) is 2.78. The molecular formula is C18H28N2O3. The lowest BCUT2D eigenvalue weighted by molar-refractivity contribution is -0.142. The first-order valence-electron chi connectivity index (χ1n) is 8.05. The molecule has 128 valence electrons. The maximum atomic E-state index is 11.7. The molecule has 1 N–H and O–H groups in total. The summed E-state index contributed by atoms with van der Waals surface area (Å²) in [5.74, 6) is -0.961. The monoisotopic (exact) mass is 320 g/mol. The Hall–Kier alpha value is -2.17. The van der Waals surface area contributed by atoms with E-state index in [-0.39, 0.29) is 18.2 Å². The van der Waals surface area contributed by atoms with E-state index < -0.39 is 11.9 Å². The number of likely N-dealkylation sites (tertiary alicyclic amines) is 1. The number of carbonyl (C=O) groups excluding carboxylic acids is 3. The lowest BCUT2D eigenvalue weighted by atomic mass is 10.0. The fourth-order valence-electron chi connectivity index (χ4n) is 2.16. The number of hydrogen-bond donors (Lipinski definition) is 1. The molecule has 1 atom stereocenters. The van der Waals surface area contributed by atoms with Crippen LogP contribution in [0.2, 0.25) is 0 Å². The van der Waals surface area contributed by atoms with E-state index in [4.69, 9.17) is 0 Å². The van der Waals surface area contributed by atoms with Crippen LogP contribution in [0.25, 0.3) is 0 Å². The van der Waals surface area contributed by atoms with Crippen molar-refractivity contribution < 1.29 is 14.4 Å². The molecule has 23 heavy (non-hydrogen) atoms. The Kier molecular flexibility index (Phi) is 9.54. The molecule has 5 nitrogen and oxygen atoms in total. The van der Waals surface area contributed by atoms with Gasteiger partial charge in [0, 0.05) is 18.5 Å². The molecule has 0 aliphatic carbocycles. The van der Waals surface area contributed by atoms with Crippen LogP contribution in [0.1, 0.15) is 47.0 Å². The number of nitrogens with one attached hydrogen (secondary N) is 1. The summed E-state index contributed by atoms with van der Waals surface area (Å²) in [5, 5.41) is 2.23. The maximum absolute atomic E-state index is 11.7. The van der Waals surface area contributed by atoms with Gasteiger partial charge in [-0.15, -0.1) is 0 Å². The van der Waals surface area contributed by atoms with Gasteiger partial charge in [-0.25, -0.2) is 0 Å². The van der Waals surface area contributed by atoms with E-state index in [1.165, 1.54) is 4.90 Å². The second kappa shape index (κ2) is 10.5. The molecule has 0 aromatic heterocycles. The number of nitrogens with zero attached hydrogens (tertiary/aromatic N) is 1. The van der Waals surface area contributed by atoms with Crippen molar-refractivity contribution in [2.45, 2.75) is 53.0 Å². The minimum Gasteiger partial charge on any atom is -0.322 e. The topological polar surface area (TPSA) is 66.5 Å². The highest BCUT2D eigenvalue weighted by Gasteiger charge is 2.39. The number of imide groups is 1. The number of rotatable bonds is 2. The van der Waals surface area contributed by atoms with Gasteiger partial charge in [-0.05, 0) is 25.3 Å². The molecule has 0 saturated carbocycles. The van der Waals surface area contributed by atoms with Gasteiger partial charge in [-0.1, -0.05) is 46.1 Å². The molecule has 1 unspecified atom stereocenters. The Morgan fingerprint density at radius 1 is 1.26 bits per heavy atom. The molecule has 0 spiro atoms. The Balaban J connectivity index is 0.000000594. The molecule has 2 saturated heterocycles. The summed E-state index contributed by atoms with van der Waals surface area (Å²) in [7, 11) is 0. The van der Waals surface area contributed by atoms with Crippen molar-refractivity contribution in [3.8, 4) is 0 Å². The molecule has 0 aromatic carbocycles. The number of allylic oxidation sites excluding steroid dienone is 2. The second-order valence-electron chi connectivity index (χ2n) is 4.96. The highest BCUT2D eigenvalue weighted by molar-refractivity contribution is 6.06. The third kappa shape index (κ3) is 5.85. The van der Waals surface area contributed by atoms with E-state index in [0.717, 1.165) is 6.42 Å². The largest absolute Gasteiger partial charge is 0.322 e. The lowest BCUT2D eigenvalue weighted by Gasteiger charge is -2.28. The minimum atomic E-state index is -0.568. The third-order valence-corrected chi connectivity index (χ3v) is 3.36. The van der Waals surface area contributed by atoms with E-state index in [9.17, 15) is 14.4 Å².